The van der Waals surface area contributed by atoms with Gasteiger partial charge in [0, 0.05) is 11.6 Å². The predicted octanol–water partition coefficient (Wildman–Crippen LogP) is 2.40. The highest BCUT2D eigenvalue weighted by atomic mass is 35.5. The maximum atomic E-state index is 13.0. The molecule has 1 fully saturated rings. The summed E-state index contributed by atoms with van der Waals surface area (Å²) in [6.45, 7) is 0.471. The van der Waals surface area contributed by atoms with Crippen molar-refractivity contribution in [2.75, 3.05) is 20.2 Å². The van der Waals surface area contributed by atoms with Crippen LogP contribution < -0.4 is 10.1 Å². The largest absolute Gasteiger partial charge is 0.496 e. The molecule has 2 unspecified atom stereocenters. The molecule has 144 valence electrons. The van der Waals surface area contributed by atoms with Crippen molar-refractivity contribution >= 4 is 23.4 Å². The van der Waals surface area contributed by atoms with Crippen LogP contribution in [0, 0.1) is 0 Å². The lowest BCUT2D eigenvalue weighted by Gasteiger charge is -2.25. The number of methoxy groups -OCH3 is 1. The number of ether oxygens (including phenoxy) is 1. The Hall–Kier alpha value is -2.51. The van der Waals surface area contributed by atoms with Gasteiger partial charge in [-0.05, 0) is 43.2 Å². The molecule has 1 aliphatic rings. The topological polar surface area (TPSA) is 92.0 Å². The quantitative estimate of drug-likeness (QED) is 0.787. The molecule has 27 heavy (non-hydrogen) atoms. The van der Waals surface area contributed by atoms with Crippen molar-refractivity contribution < 1.29 is 23.8 Å². The summed E-state index contributed by atoms with van der Waals surface area (Å²) in [5.74, 6) is 0.160. The maximum Gasteiger partial charge on any atom is 0.258 e. The zero-order valence-electron chi connectivity index (χ0n) is 14.9. The molecule has 7 nitrogen and oxygen atoms in total. The Morgan fingerprint density at radius 1 is 1.44 bits per heavy atom. The number of likely N-dealkylation sites (tertiary alicyclic amines) is 1. The van der Waals surface area contributed by atoms with Gasteiger partial charge in [0.25, 0.3) is 5.91 Å². The van der Waals surface area contributed by atoms with Crippen LogP contribution in [0.1, 0.15) is 35.1 Å². The molecule has 0 saturated carbocycles. The molecule has 1 aromatic carbocycles. The fraction of sp³-hybridized carbons (Fsp3) is 0.368. The van der Waals surface area contributed by atoms with Crippen molar-refractivity contribution in [3.05, 3.63) is 52.9 Å². The predicted molar refractivity (Wildman–Crippen MR) is 98.7 cm³/mol. The summed E-state index contributed by atoms with van der Waals surface area (Å²) in [5.41, 5.74) is 0.320. The van der Waals surface area contributed by atoms with Crippen LogP contribution in [0.4, 0.5) is 0 Å². The third-order valence-corrected chi connectivity index (χ3v) is 4.78. The van der Waals surface area contributed by atoms with E-state index >= 15 is 0 Å². The molecule has 0 bridgehead atoms. The lowest BCUT2D eigenvalue weighted by molar-refractivity contribution is -0.125. The molecule has 0 radical (unpaired) electrons. The van der Waals surface area contributed by atoms with E-state index in [0.29, 0.717) is 41.5 Å². The summed E-state index contributed by atoms with van der Waals surface area (Å²) in [7, 11) is 1.48. The molecule has 0 spiro atoms. The Morgan fingerprint density at radius 2 is 2.26 bits per heavy atom. The zero-order valence-corrected chi connectivity index (χ0v) is 15.6. The minimum absolute atomic E-state index is 0.00532. The third-order valence-electron chi connectivity index (χ3n) is 4.55. The number of hydrogen-bond donors (Lipinski definition) is 2. The first-order valence-corrected chi connectivity index (χ1v) is 9.02. The summed E-state index contributed by atoms with van der Waals surface area (Å²) in [6, 6.07) is 7.49. The lowest BCUT2D eigenvalue weighted by atomic mass is 10.1. The second kappa shape index (κ2) is 8.45. The number of furan rings is 1. The number of benzene rings is 1. The molecule has 2 atom stereocenters. The van der Waals surface area contributed by atoms with Crippen LogP contribution in [0.2, 0.25) is 5.02 Å². The van der Waals surface area contributed by atoms with Gasteiger partial charge in [0.1, 0.15) is 23.7 Å². The number of carbonyl (C=O) groups is 2. The highest BCUT2D eigenvalue weighted by Gasteiger charge is 2.35. The van der Waals surface area contributed by atoms with E-state index in [0.717, 1.165) is 0 Å². The molecule has 1 aromatic heterocycles. The van der Waals surface area contributed by atoms with Crippen LogP contribution in [0.15, 0.2) is 41.0 Å². The summed E-state index contributed by atoms with van der Waals surface area (Å²) in [4.78, 5) is 27.1. The Kier molecular flexibility index (Phi) is 6.03. The number of aliphatic hydroxyl groups is 1. The fourth-order valence-corrected chi connectivity index (χ4v) is 3.35. The van der Waals surface area contributed by atoms with Gasteiger partial charge in [-0.2, -0.15) is 0 Å². The van der Waals surface area contributed by atoms with Crippen LogP contribution in [0.5, 0.6) is 5.75 Å². The number of halogens is 1. The monoisotopic (exact) mass is 392 g/mol. The standard InChI is InChI=1S/C19H21ClN2O5/c1-26-16-7-6-12(20)10-13(16)19(25)22-8-2-4-14(22)18(24)21-11-15(23)17-5-3-9-27-17/h3,5-7,9-10,14-15,23H,2,4,8,11H2,1H3,(H,21,24). The van der Waals surface area contributed by atoms with Crippen molar-refractivity contribution in [3.8, 4) is 5.75 Å². The second-order valence-corrected chi connectivity index (χ2v) is 6.71. The summed E-state index contributed by atoms with van der Waals surface area (Å²) in [6.07, 6.45) is 1.78. The smallest absolute Gasteiger partial charge is 0.258 e. The zero-order chi connectivity index (χ0) is 19.4. The Balaban J connectivity index is 1.68. The number of nitrogens with zero attached hydrogens (tertiary/aromatic N) is 1. The number of rotatable bonds is 6. The molecule has 2 amide bonds. The van der Waals surface area contributed by atoms with E-state index in [1.54, 1.807) is 24.3 Å². The molecule has 8 heteroatoms. The number of hydrogen-bond acceptors (Lipinski definition) is 5. The van der Waals surface area contributed by atoms with Crippen molar-refractivity contribution in [1.29, 1.82) is 0 Å². The highest BCUT2D eigenvalue weighted by molar-refractivity contribution is 6.31. The number of nitrogens with one attached hydrogen (secondary N) is 1. The van der Waals surface area contributed by atoms with E-state index in [1.165, 1.54) is 24.3 Å². The molecule has 1 aliphatic heterocycles. The van der Waals surface area contributed by atoms with Gasteiger partial charge in [-0.15, -0.1) is 0 Å². The van der Waals surface area contributed by atoms with Crippen molar-refractivity contribution in [2.24, 2.45) is 0 Å². The number of amides is 2. The summed E-state index contributed by atoms with van der Waals surface area (Å²) < 4.78 is 10.4. The van der Waals surface area contributed by atoms with Gasteiger partial charge in [-0.25, -0.2) is 0 Å². The molecular weight excluding hydrogens is 372 g/mol. The highest BCUT2D eigenvalue weighted by Crippen LogP contribution is 2.27. The van der Waals surface area contributed by atoms with Crippen LogP contribution in [-0.4, -0.2) is 48.1 Å². The van der Waals surface area contributed by atoms with Crippen molar-refractivity contribution in [3.63, 3.8) is 0 Å². The molecule has 2 aromatic rings. The van der Waals surface area contributed by atoms with Crippen LogP contribution in [0.25, 0.3) is 0 Å². The summed E-state index contributed by atoms with van der Waals surface area (Å²) >= 11 is 6.01. The van der Waals surface area contributed by atoms with Crippen molar-refractivity contribution in [1.82, 2.24) is 10.2 Å². The van der Waals surface area contributed by atoms with Crippen molar-refractivity contribution in [2.45, 2.75) is 25.0 Å². The molecule has 3 rings (SSSR count). The van der Waals surface area contributed by atoms with E-state index < -0.39 is 12.1 Å². The molecule has 2 heterocycles. The van der Waals surface area contributed by atoms with E-state index in [9.17, 15) is 14.7 Å². The summed E-state index contributed by atoms with van der Waals surface area (Å²) in [5, 5.41) is 13.1. The first-order valence-electron chi connectivity index (χ1n) is 8.65. The van der Waals surface area contributed by atoms with Gasteiger partial charge in [0.2, 0.25) is 5.91 Å². The third kappa shape index (κ3) is 4.26. The Labute approximate surface area is 161 Å². The molecular formula is C19H21ClN2O5. The second-order valence-electron chi connectivity index (χ2n) is 6.28. The number of aliphatic hydroxyl groups excluding tert-OH is 1. The average molecular weight is 393 g/mol. The molecule has 1 saturated heterocycles. The van der Waals surface area contributed by atoms with Crippen LogP contribution in [-0.2, 0) is 4.79 Å². The van der Waals surface area contributed by atoms with Crippen LogP contribution in [0.3, 0.4) is 0 Å². The average Bonchev–Trinajstić information content (AvgIpc) is 3.36. The van der Waals surface area contributed by atoms with E-state index in [4.69, 9.17) is 20.8 Å². The van der Waals surface area contributed by atoms with Gasteiger partial charge in [0.15, 0.2) is 0 Å². The van der Waals surface area contributed by atoms with Gasteiger partial charge >= 0.3 is 0 Å². The van der Waals surface area contributed by atoms with Gasteiger partial charge in [-0.1, -0.05) is 11.6 Å². The van der Waals surface area contributed by atoms with E-state index in [2.05, 4.69) is 5.32 Å². The normalized spacial score (nSPS) is 17.6. The van der Waals surface area contributed by atoms with Gasteiger partial charge in [0.05, 0.1) is 25.5 Å². The maximum absolute atomic E-state index is 13.0. The first-order chi connectivity index (χ1) is 13.0. The van der Waals surface area contributed by atoms with Gasteiger partial charge < -0.3 is 24.5 Å². The van der Waals surface area contributed by atoms with Gasteiger partial charge in [-0.3, -0.25) is 9.59 Å². The molecule has 0 aliphatic carbocycles. The van der Waals surface area contributed by atoms with E-state index in [1.807, 2.05) is 0 Å². The first kappa shape index (κ1) is 19.3. The SMILES string of the molecule is COc1ccc(Cl)cc1C(=O)N1CCCC1C(=O)NCC(O)c1ccco1. The minimum Gasteiger partial charge on any atom is -0.496 e. The lowest BCUT2D eigenvalue weighted by Crippen LogP contribution is -2.46. The minimum atomic E-state index is -0.942. The van der Waals surface area contributed by atoms with E-state index in [-0.39, 0.29) is 18.4 Å². The number of carbonyl (C=O) groups excluding carboxylic acids is 2. The molecule has 2 N–H and O–H groups in total. The fourth-order valence-electron chi connectivity index (χ4n) is 3.18. The Morgan fingerprint density at radius 3 is 2.96 bits per heavy atom. The van der Waals surface area contributed by atoms with Crippen LogP contribution >= 0.6 is 11.6 Å². The Bertz CT molecular complexity index is 808.